The first-order valence-corrected chi connectivity index (χ1v) is 11.1. The maximum atomic E-state index is 13.0. The van der Waals surface area contributed by atoms with Gasteiger partial charge in [0.2, 0.25) is 5.91 Å². The Bertz CT molecular complexity index is 722. The molecule has 1 atom stereocenters. The quantitative estimate of drug-likeness (QED) is 0.778. The number of carbonyl (C=O) groups excluding carboxylic acids is 1. The molecule has 0 bridgehead atoms. The summed E-state index contributed by atoms with van der Waals surface area (Å²) in [4.78, 5) is 16.4. The second-order valence-electron chi connectivity index (χ2n) is 7.19. The molecule has 1 saturated heterocycles. The molecular formula is C19H23ClN2OS2. The lowest BCUT2D eigenvalue weighted by molar-refractivity contribution is -0.133. The molecule has 3 nitrogen and oxygen atoms in total. The van der Waals surface area contributed by atoms with Crippen molar-refractivity contribution in [3.63, 3.8) is 0 Å². The molecule has 1 saturated carbocycles. The van der Waals surface area contributed by atoms with Gasteiger partial charge in [-0.2, -0.15) is 11.3 Å². The van der Waals surface area contributed by atoms with Gasteiger partial charge in [-0.3, -0.25) is 4.79 Å². The topological polar surface area (TPSA) is 32.3 Å². The Morgan fingerprint density at radius 2 is 2.16 bits per heavy atom. The predicted octanol–water partition coefficient (Wildman–Crippen LogP) is 4.57. The minimum atomic E-state index is 0.288. The smallest absolute Gasteiger partial charge is 0.223 e. The molecule has 1 N–H and O–H groups in total. The van der Waals surface area contributed by atoms with Crippen molar-refractivity contribution in [3.05, 3.63) is 43.7 Å². The largest absolute Gasteiger partial charge is 0.335 e. The fraction of sp³-hybridized carbons (Fsp3) is 0.526. The van der Waals surface area contributed by atoms with Crippen LogP contribution in [0.4, 0.5) is 0 Å². The Kier molecular flexibility index (Phi) is 5.18. The maximum Gasteiger partial charge on any atom is 0.223 e. The first-order chi connectivity index (χ1) is 12.2. The monoisotopic (exact) mass is 394 g/mol. The molecule has 6 heteroatoms. The molecule has 2 aromatic heterocycles. The van der Waals surface area contributed by atoms with Gasteiger partial charge in [0.25, 0.3) is 0 Å². The highest BCUT2D eigenvalue weighted by atomic mass is 35.5. The summed E-state index contributed by atoms with van der Waals surface area (Å²) < 4.78 is 0.799. The first-order valence-electron chi connectivity index (χ1n) is 8.92. The number of aryl methyl sites for hydroxylation is 1. The van der Waals surface area contributed by atoms with E-state index in [2.05, 4.69) is 27.0 Å². The fourth-order valence-corrected chi connectivity index (χ4v) is 5.79. The van der Waals surface area contributed by atoms with Crippen LogP contribution in [0.5, 0.6) is 0 Å². The average molecular weight is 395 g/mol. The first kappa shape index (κ1) is 17.5. The molecule has 1 unspecified atom stereocenters. The third-order valence-electron chi connectivity index (χ3n) is 5.59. The Morgan fingerprint density at radius 1 is 1.32 bits per heavy atom. The van der Waals surface area contributed by atoms with Crippen molar-refractivity contribution in [2.75, 3.05) is 13.1 Å². The van der Waals surface area contributed by atoms with E-state index >= 15 is 0 Å². The Labute approximate surface area is 162 Å². The standard InChI is InChI=1S/C19H23ClN2OS2/c20-17-3-1-15(25-17)2-4-18(23)22(12-14-5-10-24-13-14)16-11-19(16)6-8-21-9-7-19/h1,3,5,10,13,16,21H,2,4,6-9,11-12H2. The Balaban J connectivity index is 1.44. The SMILES string of the molecule is O=C(CCc1ccc(Cl)s1)N(Cc1ccsc1)C1CC12CCNCC2. The summed E-state index contributed by atoms with van der Waals surface area (Å²) in [6.07, 6.45) is 4.94. The van der Waals surface area contributed by atoms with E-state index in [9.17, 15) is 4.79 Å². The summed E-state index contributed by atoms with van der Waals surface area (Å²) in [5.41, 5.74) is 1.64. The normalized spacial score (nSPS) is 21.4. The fourth-order valence-electron chi connectivity index (χ4n) is 4.04. The van der Waals surface area contributed by atoms with Crippen molar-refractivity contribution in [3.8, 4) is 0 Å². The molecule has 3 heterocycles. The van der Waals surface area contributed by atoms with E-state index < -0.39 is 0 Å². The third-order valence-corrected chi connectivity index (χ3v) is 7.61. The van der Waals surface area contributed by atoms with E-state index in [-0.39, 0.29) is 5.91 Å². The van der Waals surface area contributed by atoms with Crippen LogP contribution in [0.3, 0.4) is 0 Å². The molecule has 0 radical (unpaired) electrons. The lowest BCUT2D eigenvalue weighted by Gasteiger charge is -2.29. The highest BCUT2D eigenvalue weighted by molar-refractivity contribution is 7.16. The molecule has 2 fully saturated rings. The lowest BCUT2D eigenvalue weighted by Crippen LogP contribution is -2.39. The van der Waals surface area contributed by atoms with Crippen LogP contribution >= 0.6 is 34.3 Å². The Morgan fingerprint density at radius 3 is 2.84 bits per heavy atom. The molecule has 1 amide bonds. The minimum absolute atomic E-state index is 0.288. The number of hydrogen-bond donors (Lipinski definition) is 1. The maximum absolute atomic E-state index is 13.0. The van der Waals surface area contributed by atoms with E-state index in [0.29, 0.717) is 17.9 Å². The molecular weight excluding hydrogens is 372 g/mol. The molecule has 134 valence electrons. The van der Waals surface area contributed by atoms with Gasteiger partial charge >= 0.3 is 0 Å². The van der Waals surface area contributed by atoms with Gasteiger partial charge < -0.3 is 10.2 Å². The van der Waals surface area contributed by atoms with E-state index in [1.54, 1.807) is 22.7 Å². The minimum Gasteiger partial charge on any atom is -0.335 e. The van der Waals surface area contributed by atoms with Gasteiger partial charge in [-0.05, 0) is 78.7 Å². The number of nitrogens with zero attached hydrogens (tertiary/aromatic N) is 1. The second kappa shape index (κ2) is 7.39. The van der Waals surface area contributed by atoms with E-state index in [4.69, 9.17) is 11.6 Å². The third kappa shape index (κ3) is 3.95. The Hall–Kier alpha value is -0.880. The molecule has 1 aliphatic heterocycles. The zero-order valence-electron chi connectivity index (χ0n) is 14.2. The number of thiophene rings is 2. The van der Waals surface area contributed by atoms with Gasteiger partial charge in [0.15, 0.2) is 0 Å². The van der Waals surface area contributed by atoms with Crippen molar-refractivity contribution in [2.45, 2.75) is 44.7 Å². The van der Waals surface area contributed by atoms with Crippen molar-refractivity contribution in [2.24, 2.45) is 5.41 Å². The number of piperidine rings is 1. The van der Waals surface area contributed by atoms with E-state index in [1.165, 1.54) is 29.7 Å². The zero-order chi connectivity index (χ0) is 17.3. The number of amides is 1. The molecule has 1 spiro atoms. The summed E-state index contributed by atoms with van der Waals surface area (Å²) >= 11 is 9.29. The van der Waals surface area contributed by atoms with Gasteiger partial charge in [0, 0.05) is 23.9 Å². The number of nitrogens with one attached hydrogen (secondary N) is 1. The van der Waals surface area contributed by atoms with E-state index in [0.717, 1.165) is 30.4 Å². The van der Waals surface area contributed by atoms with Crippen LogP contribution in [0.25, 0.3) is 0 Å². The van der Waals surface area contributed by atoms with Crippen LogP contribution < -0.4 is 5.32 Å². The zero-order valence-corrected chi connectivity index (χ0v) is 16.6. The van der Waals surface area contributed by atoms with Crippen LogP contribution in [0.1, 0.15) is 36.1 Å². The number of rotatable bonds is 6. The number of carbonyl (C=O) groups is 1. The number of hydrogen-bond acceptors (Lipinski definition) is 4. The molecule has 2 aliphatic rings. The van der Waals surface area contributed by atoms with Gasteiger partial charge in [-0.15, -0.1) is 11.3 Å². The molecule has 25 heavy (non-hydrogen) atoms. The molecule has 4 rings (SSSR count). The van der Waals surface area contributed by atoms with E-state index in [1.807, 2.05) is 12.1 Å². The van der Waals surface area contributed by atoms with Gasteiger partial charge in [-0.25, -0.2) is 0 Å². The summed E-state index contributed by atoms with van der Waals surface area (Å²) in [5.74, 6) is 0.288. The average Bonchev–Trinajstić information content (AvgIpc) is 2.99. The number of halogens is 1. The van der Waals surface area contributed by atoms with Crippen LogP contribution in [0.15, 0.2) is 29.0 Å². The molecule has 1 aliphatic carbocycles. The van der Waals surface area contributed by atoms with Crippen LogP contribution in [0.2, 0.25) is 4.34 Å². The molecule has 0 aromatic carbocycles. The highest BCUT2D eigenvalue weighted by Crippen LogP contribution is 2.56. The van der Waals surface area contributed by atoms with Gasteiger partial charge in [-0.1, -0.05) is 11.6 Å². The summed E-state index contributed by atoms with van der Waals surface area (Å²) in [5, 5.41) is 7.71. The summed E-state index contributed by atoms with van der Waals surface area (Å²) in [7, 11) is 0. The van der Waals surface area contributed by atoms with Crippen molar-refractivity contribution in [1.29, 1.82) is 0 Å². The summed E-state index contributed by atoms with van der Waals surface area (Å²) in [6, 6.07) is 6.52. The van der Waals surface area contributed by atoms with Crippen LogP contribution in [-0.4, -0.2) is 29.9 Å². The highest BCUT2D eigenvalue weighted by Gasteiger charge is 2.57. The van der Waals surface area contributed by atoms with Gasteiger partial charge in [0.05, 0.1) is 4.34 Å². The van der Waals surface area contributed by atoms with Gasteiger partial charge in [0.1, 0.15) is 0 Å². The van der Waals surface area contributed by atoms with Crippen molar-refractivity contribution >= 4 is 40.2 Å². The van der Waals surface area contributed by atoms with Crippen molar-refractivity contribution in [1.82, 2.24) is 10.2 Å². The predicted molar refractivity (Wildman–Crippen MR) is 105 cm³/mol. The second-order valence-corrected chi connectivity index (χ2v) is 9.77. The lowest BCUT2D eigenvalue weighted by atomic mass is 9.93. The van der Waals surface area contributed by atoms with Crippen molar-refractivity contribution < 1.29 is 4.79 Å². The summed E-state index contributed by atoms with van der Waals surface area (Å²) in [6.45, 7) is 2.93. The van der Waals surface area contributed by atoms with Crippen LogP contribution in [-0.2, 0) is 17.8 Å². The molecule has 2 aromatic rings. The van der Waals surface area contributed by atoms with Crippen LogP contribution in [0, 0.1) is 5.41 Å².